The van der Waals surface area contributed by atoms with Crippen molar-refractivity contribution in [3.05, 3.63) is 53.6 Å². The van der Waals surface area contributed by atoms with E-state index in [0.717, 1.165) is 12.8 Å². The van der Waals surface area contributed by atoms with Gasteiger partial charge in [-0.25, -0.2) is 14.3 Å². The summed E-state index contributed by atoms with van der Waals surface area (Å²) in [7, 11) is -3.98. The smallest absolute Gasteiger partial charge is 0.265 e. The summed E-state index contributed by atoms with van der Waals surface area (Å²) in [5.74, 6) is 4.13. The number of nitrogens with two attached hydrogens (primary N) is 1. The summed E-state index contributed by atoms with van der Waals surface area (Å²) in [4.78, 5) is 23.8. The van der Waals surface area contributed by atoms with E-state index in [9.17, 15) is 18.0 Å². The second kappa shape index (κ2) is 10.7. The van der Waals surface area contributed by atoms with Gasteiger partial charge in [-0.2, -0.15) is 0 Å². The van der Waals surface area contributed by atoms with Crippen LogP contribution in [-0.4, -0.2) is 31.3 Å². The maximum absolute atomic E-state index is 12.9. The maximum Gasteiger partial charge on any atom is 0.265 e. The third-order valence-corrected chi connectivity index (χ3v) is 6.97. The highest BCUT2D eigenvalue weighted by atomic mass is 32.2. The van der Waals surface area contributed by atoms with Crippen LogP contribution in [-0.2, 0) is 10.0 Å². The van der Waals surface area contributed by atoms with E-state index in [2.05, 4.69) is 15.4 Å². The summed E-state index contributed by atoms with van der Waals surface area (Å²) < 4.78 is 28.3. The fourth-order valence-electron chi connectivity index (χ4n) is 3.73. The number of ketones is 1. The lowest BCUT2D eigenvalue weighted by Crippen LogP contribution is -2.38. The Morgan fingerprint density at radius 2 is 1.73 bits per heavy atom. The molecule has 1 amide bonds. The number of amides is 1. The van der Waals surface area contributed by atoms with E-state index in [-0.39, 0.29) is 27.5 Å². The molecule has 0 saturated heterocycles. The van der Waals surface area contributed by atoms with E-state index in [1.165, 1.54) is 56.5 Å². The molecule has 33 heavy (non-hydrogen) atoms. The molecule has 2 aromatic rings. The number of hydrogen-bond donors (Lipinski definition) is 5. The lowest BCUT2D eigenvalue weighted by Gasteiger charge is -2.24. The van der Waals surface area contributed by atoms with Gasteiger partial charge < -0.3 is 10.6 Å². The van der Waals surface area contributed by atoms with Crippen molar-refractivity contribution in [3.8, 4) is 0 Å². The number of sulfonamides is 1. The first kappa shape index (κ1) is 24.6. The van der Waals surface area contributed by atoms with E-state index in [1.54, 1.807) is 12.1 Å². The van der Waals surface area contributed by atoms with Crippen LogP contribution in [0.5, 0.6) is 0 Å². The molecule has 1 aliphatic rings. The van der Waals surface area contributed by atoms with Crippen molar-refractivity contribution in [1.29, 1.82) is 0 Å². The summed E-state index contributed by atoms with van der Waals surface area (Å²) in [6, 6.07) is 10.6. The van der Waals surface area contributed by atoms with Gasteiger partial charge in [-0.15, -0.1) is 0 Å². The van der Waals surface area contributed by atoms with E-state index in [4.69, 9.17) is 18.1 Å². The second-order valence-electron chi connectivity index (χ2n) is 7.86. The van der Waals surface area contributed by atoms with Crippen LogP contribution < -0.4 is 26.6 Å². The molecule has 1 aliphatic carbocycles. The van der Waals surface area contributed by atoms with Gasteiger partial charge in [-0.3, -0.25) is 19.7 Å². The van der Waals surface area contributed by atoms with E-state index >= 15 is 0 Å². The molecule has 1 saturated carbocycles. The minimum Gasteiger partial charge on any atom is -0.360 e. The Morgan fingerprint density at radius 3 is 2.39 bits per heavy atom. The number of carbonyl (C=O) groups is 2. The van der Waals surface area contributed by atoms with Crippen LogP contribution in [0.2, 0.25) is 0 Å². The fraction of sp³-hybridized carbons (Fsp3) is 0.318. The van der Waals surface area contributed by atoms with Crippen molar-refractivity contribution >= 4 is 50.4 Å². The molecule has 0 bridgehead atoms. The van der Waals surface area contributed by atoms with Crippen molar-refractivity contribution < 1.29 is 18.0 Å². The summed E-state index contributed by atoms with van der Waals surface area (Å²) in [6.45, 7) is 1.30. The Morgan fingerprint density at radius 1 is 1.00 bits per heavy atom. The zero-order chi connectivity index (χ0) is 24.0. The number of rotatable bonds is 7. The maximum atomic E-state index is 12.9. The highest BCUT2D eigenvalue weighted by Gasteiger charge is 2.19. The van der Waals surface area contributed by atoms with Crippen molar-refractivity contribution in [2.24, 2.45) is 5.84 Å². The van der Waals surface area contributed by atoms with Crippen molar-refractivity contribution in [3.63, 3.8) is 0 Å². The topological polar surface area (TPSA) is 142 Å². The lowest BCUT2D eigenvalue weighted by atomic mass is 9.96. The van der Waals surface area contributed by atoms with Gasteiger partial charge in [0.15, 0.2) is 10.9 Å². The standard InChI is InChI=1S/C22H27N5O4S2/c1-14(28)19-11-10-17(13-20(19)21(29)26-23)27-33(30,31)18-9-5-8-16(12-18)25-22(32)24-15-6-3-2-4-7-15/h5,8-13,15,27H,2-4,6-7,23H2,1H3,(H,26,29)(H2,24,25,32). The molecule has 176 valence electrons. The van der Waals surface area contributed by atoms with Crippen LogP contribution in [0.1, 0.15) is 59.7 Å². The van der Waals surface area contributed by atoms with Gasteiger partial charge in [0.1, 0.15) is 0 Å². The van der Waals surface area contributed by atoms with Gasteiger partial charge in [-0.1, -0.05) is 25.3 Å². The molecule has 0 heterocycles. The number of carbonyl (C=O) groups excluding carboxylic acids is 2. The molecule has 0 radical (unpaired) electrons. The number of nitrogen functional groups attached to an aromatic ring is 1. The van der Waals surface area contributed by atoms with Crippen molar-refractivity contribution in [2.75, 3.05) is 10.0 Å². The summed E-state index contributed by atoms with van der Waals surface area (Å²) in [5, 5.41) is 6.77. The van der Waals surface area contributed by atoms with E-state index in [0.29, 0.717) is 16.8 Å². The van der Waals surface area contributed by atoms with Crippen LogP contribution in [0.25, 0.3) is 0 Å². The average Bonchev–Trinajstić information content (AvgIpc) is 2.78. The SMILES string of the molecule is CC(=O)c1ccc(NS(=O)(=O)c2cccc(NC(=S)NC3CCCCC3)c2)cc1C(=O)NN. The Labute approximate surface area is 198 Å². The number of thiocarbonyl (C=S) groups is 1. The molecule has 2 aromatic carbocycles. The Balaban J connectivity index is 1.76. The van der Waals surface area contributed by atoms with Gasteiger partial charge in [0, 0.05) is 23.0 Å². The third kappa shape index (κ3) is 6.50. The highest BCUT2D eigenvalue weighted by molar-refractivity contribution is 7.92. The monoisotopic (exact) mass is 489 g/mol. The first-order valence-electron chi connectivity index (χ1n) is 10.6. The fourth-order valence-corrected chi connectivity index (χ4v) is 5.11. The van der Waals surface area contributed by atoms with Crippen LogP contribution in [0.4, 0.5) is 11.4 Å². The zero-order valence-corrected chi connectivity index (χ0v) is 19.8. The molecule has 3 rings (SSSR count). The summed E-state index contributed by atoms with van der Waals surface area (Å²) in [6.07, 6.45) is 5.70. The minimum absolute atomic E-state index is 0.00781. The summed E-state index contributed by atoms with van der Waals surface area (Å²) in [5.41, 5.74) is 2.71. The third-order valence-electron chi connectivity index (χ3n) is 5.37. The highest BCUT2D eigenvalue weighted by Crippen LogP contribution is 2.23. The van der Waals surface area contributed by atoms with Crippen LogP contribution >= 0.6 is 12.2 Å². The Bertz CT molecular complexity index is 1160. The predicted molar refractivity (Wildman–Crippen MR) is 132 cm³/mol. The normalized spacial score (nSPS) is 14.2. The van der Waals surface area contributed by atoms with E-state index in [1.807, 2.05) is 5.43 Å². The number of anilines is 2. The minimum atomic E-state index is -3.98. The van der Waals surface area contributed by atoms with Gasteiger partial charge in [0.05, 0.1) is 10.5 Å². The second-order valence-corrected chi connectivity index (χ2v) is 9.95. The molecule has 9 nitrogen and oxygen atoms in total. The number of nitrogens with one attached hydrogen (secondary N) is 4. The largest absolute Gasteiger partial charge is 0.360 e. The molecular weight excluding hydrogens is 462 g/mol. The molecular formula is C22H27N5O4S2. The Hall–Kier alpha value is -3.02. The molecule has 1 fully saturated rings. The lowest BCUT2D eigenvalue weighted by molar-refractivity contribution is 0.0939. The van der Waals surface area contributed by atoms with Gasteiger partial charge in [0.2, 0.25) is 0 Å². The first-order chi connectivity index (χ1) is 15.7. The van der Waals surface area contributed by atoms with E-state index < -0.39 is 15.9 Å². The molecule has 0 unspecified atom stereocenters. The van der Waals surface area contributed by atoms with Crippen molar-refractivity contribution in [2.45, 2.75) is 50.0 Å². The molecule has 0 spiro atoms. The van der Waals surface area contributed by atoms with Gasteiger partial charge in [0.25, 0.3) is 15.9 Å². The average molecular weight is 490 g/mol. The predicted octanol–water partition coefficient (Wildman–Crippen LogP) is 2.91. The quantitative estimate of drug-likeness (QED) is 0.131. The number of hydrogen-bond acceptors (Lipinski definition) is 6. The first-order valence-corrected chi connectivity index (χ1v) is 12.4. The van der Waals surface area contributed by atoms with Gasteiger partial charge in [-0.05, 0) is 68.4 Å². The van der Waals surface area contributed by atoms with Gasteiger partial charge >= 0.3 is 0 Å². The molecule has 0 aliphatic heterocycles. The molecule has 0 atom stereocenters. The van der Waals surface area contributed by atoms with Crippen LogP contribution in [0, 0.1) is 0 Å². The Kier molecular flexibility index (Phi) is 8.01. The molecule has 6 N–H and O–H groups in total. The molecule has 0 aromatic heterocycles. The van der Waals surface area contributed by atoms with Crippen LogP contribution in [0.3, 0.4) is 0 Å². The summed E-state index contributed by atoms with van der Waals surface area (Å²) >= 11 is 5.38. The number of hydrazine groups is 1. The number of Topliss-reactive ketones (excluding diaryl/α,β-unsaturated/α-hetero) is 1. The molecule has 11 heteroatoms. The van der Waals surface area contributed by atoms with Crippen molar-refractivity contribution in [1.82, 2.24) is 10.7 Å². The van der Waals surface area contributed by atoms with Crippen LogP contribution in [0.15, 0.2) is 47.4 Å². The zero-order valence-electron chi connectivity index (χ0n) is 18.2. The number of benzene rings is 2.